The lowest BCUT2D eigenvalue weighted by Gasteiger charge is -2.13. The Morgan fingerprint density at radius 2 is 1.85 bits per heavy atom. The smallest absolute Gasteiger partial charge is 0.141 e. The van der Waals surface area contributed by atoms with Crippen LogP contribution in [0.4, 0.5) is 0 Å². The number of benzene rings is 2. The van der Waals surface area contributed by atoms with Crippen LogP contribution in [-0.2, 0) is 6.54 Å². The van der Waals surface area contributed by atoms with E-state index in [4.69, 9.17) is 16.3 Å². The van der Waals surface area contributed by atoms with Crippen molar-refractivity contribution in [3.05, 3.63) is 55.9 Å². The molecule has 2 rings (SSSR count). The van der Waals surface area contributed by atoms with Gasteiger partial charge in [-0.25, -0.2) is 0 Å². The van der Waals surface area contributed by atoms with Crippen LogP contribution >= 0.6 is 43.5 Å². The topological polar surface area (TPSA) is 21.3 Å². The van der Waals surface area contributed by atoms with Crippen molar-refractivity contribution >= 4 is 43.5 Å². The van der Waals surface area contributed by atoms with Crippen molar-refractivity contribution in [1.82, 2.24) is 5.32 Å². The molecule has 5 heteroatoms. The molecular formula is C15H14Br2ClNO. The summed E-state index contributed by atoms with van der Waals surface area (Å²) >= 11 is 13.0. The van der Waals surface area contributed by atoms with Gasteiger partial charge in [-0.3, -0.25) is 0 Å². The van der Waals surface area contributed by atoms with E-state index in [0.717, 1.165) is 39.1 Å². The highest BCUT2D eigenvalue weighted by Gasteiger charge is 2.08. The predicted octanol–water partition coefficient (Wildman–Crippen LogP) is 5.77. The summed E-state index contributed by atoms with van der Waals surface area (Å²) in [7, 11) is 0. The maximum Gasteiger partial charge on any atom is 0.141 e. The fourth-order valence-corrected chi connectivity index (χ4v) is 3.04. The first kappa shape index (κ1) is 15.8. The van der Waals surface area contributed by atoms with Crippen molar-refractivity contribution < 1.29 is 4.74 Å². The second kappa shape index (κ2) is 7.46. The van der Waals surface area contributed by atoms with Crippen LogP contribution in [0.15, 0.2) is 45.3 Å². The summed E-state index contributed by atoms with van der Waals surface area (Å²) in [6.07, 6.45) is 0. The molecule has 0 atom stereocenters. The molecule has 0 aliphatic rings. The molecule has 0 saturated carbocycles. The Bertz CT molecular complexity index is 604. The Morgan fingerprint density at radius 3 is 2.55 bits per heavy atom. The van der Waals surface area contributed by atoms with Crippen LogP contribution < -0.4 is 10.1 Å². The van der Waals surface area contributed by atoms with E-state index in [1.165, 1.54) is 0 Å². The summed E-state index contributed by atoms with van der Waals surface area (Å²) in [5, 5.41) is 3.99. The standard InChI is InChI=1S/C15H14Br2ClNO/c1-2-19-9-10-7-12(18)4-6-14(10)20-15-5-3-11(16)8-13(15)17/h3-8,19H,2,9H2,1H3. The van der Waals surface area contributed by atoms with E-state index in [0.29, 0.717) is 5.02 Å². The third-order valence-corrected chi connectivity index (χ3v) is 4.05. The van der Waals surface area contributed by atoms with E-state index in [1.807, 2.05) is 36.4 Å². The second-order valence-corrected chi connectivity index (χ2v) is 6.42. The molecule has 2 nitrogen and oxygen atoms in total. The summed E-state index contributed by atoms with van der Waals surface area (Å²) in [4.78, 5) is 0. The lowest BCUT2D eigenvalue weighted by Crippen LogP contribution is -2.12. The molecule has 0 aliphatic carbocycles. The summed E-state index contributed by atoms with van der Waals surface area (Å²) in [5.74, 6) is 1.58. The highest BCUT2D eigenvalue weighted by molar-refractivity contribution is 9.11. The van der Waals surface area contributed by atoms with Gasteiger partial charge in [-0.05, 0) is 58.9 Å². The molecule has 1 N–H and O–H groups in total. The maximum atomic E-state index is 6.05. The minimum absolute atomic E-state index is 0.708. The van der Waals surface area contributed by atoms with Gasteiger partial charge >= 0.3 is 0 Å². The Morgan fingerprint density at radius 1 is 1.10 bits per heavy atom. The Hall–Kier alpha value is -0.550. The average Bonchev–Trinajstić information content (AvgIpc) is 2.41. The number of nitrogens with one attached hydrogen (secondary N) is 1. The molecule has 0 heterocycles. The van der Waals surface area contributed by atoms with Gasteiger partial charge in [0.2, 0.25) is 0 Å². The molecule has 20 heavy (non-hydrogen) atoms. The van der Waals surface area contributed by atoms with Crippen LogP contribution in [0, 0.1) is 0 Å². The molecule has 0 unspecified atom stereocenters. The summed E-state index contributed by atoms with van der Waals surface area (Å²) in [5.41, 5.74) is 1.04. The van der Waals surface area contributed by atoms with E-state index in [1.54, 1.807) is 0 Å². The van der Waals surface area contributed by atoms with Crippen LogP contribution in [0.25, 0.3) is 0 Å². The van der Waals surface area contributed by atoms with Gasteiger partial charge in [0.25, 0.3) is 0 Å². The number of ether oxygens (including phenoxy) is 1. The molecule has 0 radical (unpaired) electrons. The van der Waals surface area contributed by atoms with Crippen molar-refractivity contribution in [1.29, 1.82) is 0 Å². The van der Waals surface area contributed by atoms with Crippen LogP contribution in [0.5, 0.6) is 11.5 Å². The molecular weight excluding hydrogens is 405 g/mol. The SMILES string of the molecule is CCNCc1cc(Cl)ccc1Oc1ccc(Br)cc1Br. The normalized spacial score (nSPS) is 10.6. The van der Waals surface area contributed by atoms with Gasteiger partial charge < -0.3 is 10.1 Å². The fraction of sp³-hybridized carbons (Fsp3) is 0.200. The zero-order valence-electron chi connectivity index (χ0n) is 10.9. The van der Waals surface area contributed by atoms with E-state index < -0.39 is 0 Å². The number of halogens is 3. The van der Waals surface area contributed by atoms with Crippen molar-refractivity contribution in [3.8, 4) is 11.5 Å². The molecule has 0 aromatic heterocycles. The molecule has 106 valence electrons. The molecule has 0 saturated heterocycles. The Balaban J connectivity index is 2.27. The molecule has 2 aromatic rings. The molecule has 2 aromatic carbocycles. The number of rotatable bonds is 5. The van der Waals surface area contributed by atoms with Crippen LogP contribution in [0.3, 0.4) is 0 Å². The van der Waals surface area contributed by atoms with Gasteiger partial charge in [0.1, 0.15) is 11.5 Å². The molecule has 0 amide bonds. The summed E-state index contributed by atoms with van der Waals surface area (Å²) in [6, 6.07) is 11.5. The predicted molar refractivity (Wildman–Crippen MR) is 90.7 cm³/mol. The van der Waals surface area contributed by atoms with E-state index in [9.17, 15) is 0 Å². The quantitative estimate of drug-likeness (QED) is 0.665. The van der Waals surface area contributed by atoms with Gasteiger partial charge in [-0.2, -0.15) is 0 Å². The third-order valence-electron chi connectivity index (χ3n) is 2.70. The minimum Gasteiger partial charge on any atom is -0.456 e. The van der Waals surface area contributed by atoms with Crippen molar-refractivity contribution in [3.63, 3.8) is 0 Å². The largest absolute Gasteiger partial charge is 0.456 e. The monoisotopic (exact) mass is 417 g/mol. The summed E-state index contributed by atoms with van der Waals surface area (Å²) < 4.78 is 7.88. The Labute approximate surface area is 140 Å². The molecule has 0 bridgehead atoms. The minimum atomic E-state index is 0.708. The first-order valence-corrected chi connectivity index (χ1v) is 8.18. The second-order valence-electron chi connectivity index (χ2n) is 4.21. The average molecular weight is 420 g/mol. The first-order chi connectivity index (χ1) is 9.60. The van der Waals surface area contributed by atoms with Crippen LogP contribution in [0.1, 0.15) is 12.5 Å². The summed E-state index contributed by atoms with van der Waals surface area (Å²) in [6.45, 7) is 3.69. The first-order valence-electron chi connectivity index (χ1n) is 6.22. The molecule has 0 fully saturated rings. The highest BCUT2D eigenvalue weighted by atomic mass is 79.9. The van der Waals surface area contributed by atoms with Gasteiger partial charge in [-0.1, -0.05) is 34.5 Å². The van der Waals surface area contributed by atoms with E-state index >= 15 is 0 Å². The van der Waals surface area contributed by atoms with Crippen molar-refractivity contribution in [2.24, 2.45) is 0 Å². The highest BCUT2D eigenvalue weighted by Crippen LogP contribution is 2.34. The van der Waals surface area contributed by atoms with Gasteiger partial charge in [0, 0.05) is 21.6 Å². The third kappa shape index (κ3) is 4.22. The van der Waals surface area contributed by atoms with Gasteiger partial charge in [0.15, 0.2) is 0 Å². The van der Waals surface area contributed by atoms with Crippen LogP contribution in [0.2, 0.25) is 5.02 Å². The van der Waals surface area contributed by atoms with Crippen molar-refractivity contribution in [2.75, 3.05) is 6.54 Å². The lowest BCUT2D eigenvalue weighted by atomic mass is 10.2. The lowest BCUT2D eigenvalue weighted by molar-refractivity contribution is 0.470. The van der Waals surface area contributed by atoms with Gasteiger partial charge in [0.05, 0.1) is 4.47 Å². The van der Waals surface area contributed by atoms with Gasteiger partial charge in [-0.15, -0.1) is 0 Å². The zero-order chi connectivity index (χ0) is 14.5. The van der Waals surface area contributed by atoms with E-state index in [2.05, 4.69) is 44.1 Å². The zero-order valence-corrected chi connectivity index (χ0v) is 14.8. The fourth-order valence-electron chi connectivity index (χ4n) is 1.72. The number of hydrogen-bond donors (Lipinski definition) is 1. The van der Waals surface area contributed by atoms with Crippen LogP contribution in [-0.4, -0.2) is 6.54 Å². The molecule has 0 spiro atoms. The maximum absolute atomic E-state index is 6.05. The Kier molecular flexibility index (Phi) is 5.90. The van der Waals surface area contributed by atoms with Crippen molar-refractivity contribution in [2.45, 2.75) is 13.5 Å². The van der Waals surface area contributed by atoms with E-state index in [-0.39, 0.29) is 0 Å². The molecule has 0 aliphatic heterocycles. The number of hydrogen-bond acceptors (Lipinski definition) is 2.